The fourth-order valence-electron chi connectivity index (χ4n) is 2.51. The molecule has 0 rings (SSSR count). The van der Waals surface area contributed by atoms with Crippen molar-refractivity contribution >= 4 is 5.91 Å². The van der Waals surface area contributed by atoms with Crippen molar-refractivity contribution in [3.05, 3.63) is 0 Å². The van der Waals surface area contributed by atoms with E-state index in [2.05, 4.69) is 33.0 Å². The zero-order valence-corrected chi connectivity index (χ0v) is 12.2. The van der Waals surface area contributed by atoms with Gasteiger partial charge in [0, 0.05) is 0 Å². The second-order valence-corrected chi connectivity index (χ2v) is 5.10. The van der Waals surface area contributed by atoms with Crippen molar-refractivity contribution in [3.63, 3.8) is 0 Å². The first-order chi connectivity index (χ1) is 7.98. The van der Waals surface area contributed by atoms with Gasteiger partial charge in [0.15, 0.2) is 0 Å². The number of amides is 1. The molecule has 102 valence electrons. The molecule has 0 aromatic carbocycles. The van der Waals surface area contributed by atoms with Crippen molar-refractivity contribution in [1.29, 1.82) is 0 Å². The molecule has 0 aliphatic carbocycles. The lowest BCUT2D eigenvalue weighted by atomic mass is 9.77. The molecule has 0 aromatic heterocycles. The Labute approximate surface area is 107 Å². The third-order valence-electron chi connectivity index (χ3n) is 4.14. The molecule has 0 spiro atoms. The largest absolute Gasteiger partial charge is 0.368 e. The molecule has 17 heavy (non-hydrogen) atoms. The van der Waals surface area contributed by atoms with E-state index in [0.29, 0.717) is 11.8 Å². The minimum atomic E-state index is -0.521. The Bertz CT molecular complexity index is 226. The number of carbonyl (C=O) groups is 1. The van der Waals surface area contributed by atoms with Gasteiger partial charge in [-0.1, -0.05) is 53.9 Å². The van der Waals surface area contributed by atoms with E-state index in [0.717, 1.165) is 32.2 Å². The Kier molecular flexibility index (Phi) is 7.44. The van der Waals surface area contributed by atoms with Crippen molar-refractivity contribution in [2.45, 2.75) is 65.8 Å². The fraction of sp³-hybridized carbons (Fsp3) is 0.929. The summed E-state index contributed by atoms with van der Waals surface area (Å²) in [5.41, 5.74) is 5.14. The number of hydrogen-bond donors (Lipinski definition) is 2. The second kappa shape index (κ2) is 7.70. The van der Waals surface area contributed by atoms with Crippen LogP contribution in [-0.2, 0) is 4.79 Å². The summed E-state index contributed by atoms with van der Waals surface area (Å²) in [7, 11) is 0. The van der Waals surface area contributed by atoms with Crippen molar-refractivity contribution in [2.24, 2.45) is 17.6 Å². The van der Waals surface area contributed by atoms with Gasteiger partial charge in [-0.2, -0.15) is 0 Å². The molecule has 2 unspecified atom stereocenters. The van der Waals surface area contributed by atoms with E-state index in [1.165, 1.54) is 0 Å². The topological polar surface area (TPSA) is 55.1 Å². The van der Waals surface area contributed by atoms with E-state index < -0.39 is 5.54 Å². The van der Waals surface area contributed by atoms with Gasteiger partial charge in [0.1, 0.15) is 5.54 Å². The smallest absolute Gasteiger partial charge is 0.238 e. The molecule has 0 aliphatic rings. The maximum absolute atomic E-state index is 11.9. The minimum absolute atomic E-state index is 0.197. The van der Waals surface area contributed by atoms with E-state index in [1.54, 1.807) is 0 Å². The highest BCUT2D eigenvalue weighted by molar-refractivity contribution is 5.85. The molecule has 0 saturated heterocycles. The third kappa shape index (κ3) is 3.98. The number of primary amides is 1. The summed E-state index contributed by atoms with van der Waals surface area (Å²) in [6.45, 7) is 11.5. The van der Waals surface area contributed by atoms with Crippen LogP contribution in [0.4, 0.5) is 0 Å². The second-order valence-electron chi connectivity index (χ2n) is 5.10. The van der Waals surface area contributed by atoms with E-state index >= 15 is 0 Å². The van der Waals surface area contributed by atoms with E-state index in [1.807, 2.05) is 6.92 Å². The van der Waals surface area contributed by atoms with Crippen LogP contribution in [0.25, 0.3) is 0 Å². The normalized spacial score (nSPS) is 16.8. The van der Waals surface area contributed by atoms with Gasteiger partial charge in [0.2, 0.25) is 5.91 Å². The van der Waals surface area contributed by atoms with Crippen LogP contribution >= 0.6 is 0 Å². The molecule has 2 atom stereocenters. The van der Waals surface area contributed by atoms with Gasteiger partial charge in [0.25, 0.3) is 0 Å². The van der Waals surface area contributed by atoms with Crippen LogP contribution in [-0.4, -0.2) is 18.0 Å². The molecule has 0 bridgehead atoms. The lowest BCUT2D eigenvalue weighted by molar-refractivity contribution is -0.127. The molecule has 3 heteroatoms. The Hall–Kier alpha value is -0.570. The summed E-state index contributed by atoms with van der Waals surface area (Å²) < 4.78 is 0. The molecule has 0 saturated carbocycles. The Balaban J connectivity index is 4.88. The molecule has 0 heterocycles. The summed E-state index contributed by atoms with van der Waals surface area (Å²) in [5.74, 6) is 0.709. The number of rotatable bonds is 9. The maximum atomic E-state index is 11.9. The predicted octanol–water partition coefficient (Wildman–Crippen LogP) is 2.69. The predicted molar refractivity (Wildman–Crippen MR) is 73.7 cm³/mol. The first kappa shape index (κ1) is 16.4. The molecule has 3 nitrogen and oxygen atoms in total. The Morgan fingerprint density at radius 1 is 1.18 bits per heavy atom. The highest BCUT2D eigenvalue weighted by Gasteiger charge is 2.40. The zero-order chi connectivity index (χ0) is 13.5. The quantitative estimate of drug-likeness (QED) is 0.653. The third-order valence-corrected chi connectivity index (χ3v) is 4.14. The van der Waals surface area contributed by atoms with Gasteiger partial charge in [-0.05, 0) is 24.8 Å². The van der Waals surface area contributed by atoms with Crippen LogP contribution in [0.1, 0.15) is 60.3 Å². The standard InChI is InChI=1S/C14H30N2O/c1-6-11(5)10-16-14(9-4,13(15)17)12(7-2)8-3/h11-12,16H,6-10H2,1-5H3,(H2,15,17). The lowest BCUT2D eigenvalue weighted by Crippen LogP contribution is -2.60. The van der Waals surface area contributed by atoms with Gasteiger partial charge in [-0.3, -0.25) is 4.79 Å². The van der Waals surface area contributed by atoms with Gasteiger partial charge in [-0.25, -0.2) is 0 Å². The summed E-state index contributed by atoms with van der Waals surface area (Å²) in [6.07, 6.45) is 3.86. The fourth-order valence-corrected chi connectivity index (χ4v) is 2.51. The van der Waals surface area contributed by atoms with Gasteiger partial charge < -0.3 is 11.1 Å². The van der Waals surface area contributed by atoms with Crippen molar-refractivity contribution in [1.82, 2.24) is 5.32 Å². The number of carbonyl (C=O) groups excluding carboxylic acids is 1. The van der Waals surface area contributed by atoms with Crippen LogP contribution < -0.4 is 11.1 Å². The zero-order valence-electron chi connectivity index (χ0n) is 12.2. The van der Waals surface area contributed by atoms with Crippen LogP contribution in [0.3, 0.4) is 0 Å². The van der Waals surface area contributed by atoms with Crippen LogP contribution in [0.15, 0.2) is 0 Å². The molecule has 0 aliphatic heterocycles. The Morgan fingerprint density at radius 2 is 1.71 bits per heavy atom. The SMILES string of the molecule is CCC(C)CNC(CC)(C(N)=O)C(CC)CC. The van der Waals surface area contributed by atoms with Crippen LogP contribution in [0, 0.1) is 11.8 Å². The molecule has 0 fully saturated rings. The number of nitrogens with one attached hydrogen (secondary N) is 1. The average molecular weight is 242 g/mol. The summed E-state index contributed by atoms with van der Waals surface area (Å²) in [6, 6.07) is 0. The van der Waals surface area contributed by atoms with Crippen molar-refractivity contribution in [3.8, 4) is 0 Å². The van der Waals surface area contributed by atoms with E-state index in [-0.39, 0.29) is 5.91 Å². The summed E-state index contributed by atoms with van der Waals surface area (Å²) in [4.78, 5) is 11.9. The van der Waals surface area contributed by atoms with Gasteiger partial charge >= 0.3 is 0 Å². The monoisotopic (exact) mass is 242 g/mol. The molecular formula is C14H30N2O. The molecule has 0 radical (unpaired) electrons. The minimum Gasteiger partial charge on any atom is -0.368 e. The van der Waals surface area contributed by atoms with Crippen LogP contribution in [0.2, 0.25) is 0 Å². The van der Waals surface area contributed by atoms with E-state index in [4.69, 9.17) is 5.73 Å². The maximum Gasteiger partial charge on any atom is 0.238 e. The first-order valence-corrected chi connectivity index (χ1v) is 7.03. The van der Waals surface area contributed by atoms with Crippen molar-refractivity contribution in [2.75, 3.05) is 6.54 Å². The van der Waals surface area contributed by atoms with Gasteiger partial charge in [0.05, 0.1) is 0 Å². The van der Waals surface area contributed by atoms with Crippen LogP contribution in [0.5, 0.6) is 0 Å². The van der Waals surface area contributed by atoms with E-state index in [9.17, 15) is 4.79 Å². The molecule has 3 N–H and O–H groups in total. The average Bonchev–Trinajstić information content (AvgIpc) is 2.33. The molecular weight excluding hydrogens is 212 g/mol. The first-order valence-electron chi connectivity index (χ1n) is 7.03. The van der Waals surface area contributed by atoms with Crippen molar-refractivity contribution < 1.29 is 4.79 Å². The summed E-state index contributed by atoms with van der Waals surface area (Å²) in [5, 5.41) is 3.46. The number of hydrogen-bond acceptors (Lipinski definition) is 2. The Morgan fingerprint density at radius 3 is 2.00 bits per heavy atom. The van der Waals surface area contributed by atoms with Gasteiger partial charge in [-0.15, -0.1) is 0 Å². The molecule has 1 amide bonds. The highest BCUT2D eigenvalue weighted by Crippen LogP contribution is 2.27. The molecule has 0 aromatic rings. The lowest BCUT2D eigenvalue weighted by Gasteiger charge is -2.38. The summed E-state index contributed by atoms with van der Waals surface area (Å²) >= 11 is 0. The number of nitrogens with two attached hydrogens (primary N) is 1. The highest BCUT2D eigenvalue weighted by atomic mass is 16.1.